The molecular weight excluding hydrogens is 294 g/mol. The monoisotopic (exact) mass is 315 g/mol. The van der Waals surface area contributed by atoms with Crippen LogP contribution in [0.1, 0.15) is 23.2 Å². The molecule has 1 aliphatic carbocycles. The first kappa shape index (κ1) is 14.6. The molecule has 3 heterocycles. The summed E-state index contributed by atoms with van der Waals surface area (Å²) >= 11 is 0. The van der Waals surface area contributed by atoms with Crippen molar-refractivity contribution in [3.8, 4) is 0 Å². The van der Waals surface area contributed by atoms with Crippen molar-refractivity contribution < 1.29 is 14.3 Å². The zero-order valence-electron chi connectivity index (χ0n) is 13.2. The second-order valence-corrected chi connectivity index (χ2v) is 6.83. The Balaban J connectivity index is 1.47. The summed E-state index contributed by atoms with van der Waals surface area (Å²) in [6.07, 6.45) is 5.26. The van der Waals surface area contributed by atoms with E-state index in [0.29, 0.717) is 31.2 Å². The largest absolute Gasteiger partial charge is 0.368 e. The van der Waals surface area contributed by atoms with Crippen LogP contribution in [0.15, 0.2) is 24.5 Å². The third-order valence-electron chi connectivity index (χ3n) is 5.21. The van der Waals surface area contributed by atoms with Crippen LogP contribution in [0.25, 0.3) is 0 Å². The number of nitrogens with zero attached hydrogens (tertiary/aromatic N) is 3. The summed E-state index contributed by atoms with van der Waals surface area (Å²) in [6.45, 7) is 1.82. The van der Waals surface area contributed by atoms with Crippen LogP contribution in [0.4, 0.5) is 0 Å². The highest BCUT2D eigenvalue weighted by molar-refractivity contribution is 5.94. The van der Waals surface area contributed by atoms with Crippen LogP contribution >= 0.6 is 0 Å². The molecule has 1 aromatic heterocycles. The van der Waals surface area contributed by atoms with Crippen molar-refractivity contribution in [2.45, 2.75) is 25.0 Å². The number of carbonyl (C=O) groups excluding carboxylic acids is 2. The van der Waals surface area contributed by atoms with Crippen molar-refractivity contribution in [3.05, 3.63) is 30.1 Å². The molecule has 0 N–H and O–H groups in total. The van der Waals surface area contributed by atoms with Gasteiger partial charge in [0.15, 0.2) is 0 Å². The molecule has 1 saturated carbocycles. The van der Waals surface area contributed by atoms with Gasteiger partial charge < -0.3 is 14.5 Å². The topological polar surface area (TPSA) is 62.7 Å². The minimum Gasteiger partial charge on any atom is -0.368 e. The fourth-order valence-electron chi connectivity index (χ4n) is 3.62. The number of likely N-dealkylation sites (tertiary alicyclic amines) is 2. The average Bonchev–Trinajstić information content (AvgIpc) is 3.26. The second-order valence-electron chi connectivity index (χ2n) is 6.83. The Bertz CT molecular complexity index is 617. The van der Waals surface area contributed by atoms with E-state index in [0.717, 1.165) is 0 Å². The summed E-state index contributed by atoms with van der Waals surface area (Å²) in [7, 11) is 1.82. The van der Waals surface area contributed by atoms with Crippen LogP contribution in [0, 0.1) is 11.8 Å². The Labute approximate surface area is 135 Å². The Morgan fingerprint density at radius 1 is 1.39 bits per heavy atom. The van der Waals surface area contributed by atoms with Crippen LogP contribution in [-0.2, 0) is 9.53 Å². The number of fused-ring (bicyclic) bond motifs is 1. The van der Waals surface area contributed by atoms with Gasteiger partial charge in [-0.25, -0.2) is 0 Å². The van der Waals surface area contributed by atoms with Crippen molar-refractivity contribution >= 4 is 11.8 Å². The van der Waals surface area contributed by atoms with E-state index < -0.39 is 6.10 Å². The van der Waals surface area contributed by atoms with Crippen molar-refractivity contribution in [2.24, 2.45) is 11.8 Å². The number of hydrogen-bond donors (Lipinski definition) is 0. The molecule has 3 fully saturated rings. The molecule has 2 amide bonds. The summed E-state index contributed by atoms with van der Waals surface area (Å²) in [5.41, 5.74) is 0.594. The predicted molar refractivity (Wildman–Crippen MR) is 82.7 cm³/mol. The van der Waals surface area contributed by atoms with Gasteiger partial charge in [0.1, 0.15) is 6.10 Å². The van der Waals surface area contributed by atoms with Crippen LogP contribution in [0.3, 0.4) is 0 Å². The third-order valence-corrected chi connectivity index (χ3v) is 5.21. The predicted octanol–water partition coefficient (Wildman–Crippen LogP) is 0.789. The summed E-state index contributed by atoms with van der Waals surface area (Å²) < 4.78 is 5.92. The highest BCUT2D eigenvalue weighted by Crippen LogP contribution is 2.36. The number of pyridine rings is 1. The van der Waals surface area contributed by atoms with E-state index >= 15 is 0 Å². The maximum atomic E-state index is 12.6. The van der Waals surface area contributed by atoms with Gasteiger partial charge in [-0.1, -0.05) is 0 Å². The normalized spacial score (nSPS) is 30.0. The molecule has 0 spiro atoms. The van der Waals surface area contributed by atoms with Crippen LogP contribution in [0.5, 0.6) is 0 Å². The SMILES string of the molecule is CN1C(=O)[C@@H](OCC2CC2)[C@H]2CN(C(=O)c3cccnc3)C[C@H]21. The number of rotatable bonds is 4. The molecule has 0 bridgehead atoms. The number of aromatic nitrogens is 1. The Kier molecular flexibility index (Phi) is 3.56. The lowest BCUT2D eigenvalue weighted by Gasteiger charge is -2.22. The quantitative estimate of drug-likeness (QED) is 0.824. The van der Waals surface area contributed by atoms with Gasteiger partial charge in [0.2, 0.25) is 0 Å². The van der Waals surface area contributed by atoms with Gasteiger partial charge in [-0.2, -0.15) is 0 Å². The Morgan fingerprint density at radius 3 is 2.91 bits per heavy atom. The van der Waals surface area contributed by atoms with Crippen molar-refractivity contribution in [2.75, 3.05) is 26.7 Å². The minimum atomic E-state index is -0.391. The lowest BCUT2D eigenvalue weighted by Crippen LogP contribution is -2.39. The smallest absolute Gasteiger partial charge is 0.255 e. The summed E-state index contributed by atoms with van der Waals surface area (Å²) in [4.78, 5) is 32.6. The molecule has 0 unspecified atom stereocenters. The summed E-state index contributed by atoms with van der Waals surface area (Å²) in [6, 6.07) is 3.60. The van der Waals surface area contributed by atoms with Gasteiger partial charge in [0, 0.05) is 38.4 Å². The third kappa shape index (κ3) is 2.61. The van der Waals surface area contributed by atoms with Gasteiger partial charge in [-0.05, 0) is 30.9 Å². The zero-order chi connectivity index (χ0) is 16.0. The van der Waals surface area contributed by atoms with Gasteiger partial charge in [0.25, 0.3) is 11.8 Å². The fourth-order valence-corrected chi connectivity index (χ4v) is 3.62. The van der Waals surface area contributed by atoms with Crippen molar-refractivity contribution in [1.29, 1.82) is 0 Å². The molecule has 4 rings (SSSR count). The van der Waals surface area contributed by atoms with E-state index in [1.807, 2.05) is 11.9 Å². The standard InChI is InChI=1S/C17H21N3O3/c1-19-14-9-20(16(21)12-3-2-6-18-7-12)8-13(14)15(17(19)22)23-10-11-4-5-11/h2-3,6-7,11,13-15H,4-5,8-10H2,1H3/t13-,14+,15-/m0/s1. The molecule has 2 aliphatic heterocycles. The Morgan fingerprint density at radius 2 is 2.22 bits per heavy atom. The van der Waals surface area contributed by atoms with E-state index in [1.165, 1.54) is 12.8 Å². The van der Waals surface area contributed by atoms with Gasteiger partial charge in [-0.15, -0.1) is 0 Å². The lowest BCUT2D eigenvalue weighted by atomic mass is 10.0. The molecular formula is C17H21N3O3. The van der Waals surface area contributed by atoms with Crippen molar-refractivity contribution in [1.82, 2.24) is 14.8 Å². The first-order chi connectivity index (χ1) is 11.1. The van der Waals surface area contributed by atoms with Crippen LogP contribution < -0.4 is 0 Å². The molecule has 6 heteroatoms. The Hall–Kier alpha value is -1.95. The first-order valence-corrected chi connectivity index (χ1v) is 8.22. The highest BCUT2D eigenvalue weighted by Gasteiger charge is 2.53. The second kappa shape index (κ2) is 5.60. The number of carbonyl (C=O) groups is 2. The highest BCUT2D eigenvalue weighted by atomic mass is 16.5. The summed E-state index contributed by atoms with van der Waals surface area (Å²) in [5, 5.41) is 0. The molecule has 6 nitrogen and oxygen atoms in total. The summed E-state index contributed by atoms with van der Waals surface area (Å²) in [5.74, 6) is 0.747. The van der Waals surface area contributed by atoms with E-state index in [2.05, 4.69) is 4.98 Å². The van der Waals surface area contributed by atoms with E-state index in [1.54, 1.807) is 29.4 Å². The zero-order valence-corrected chi connectivity index (χ0v) is 13.2. The van der Waals surface area contributed by atoms with Crippen LogP contribution in [0.2, 0.25) is 0 Å². The number of ether oxygens (including phenoxy) is 1. The molecule has 3 atom stereocenters. The average molecular weight is 315 g/mol. The number of amides is 2. The fraction of sp³-hybridized carbons (Fsp3) is 0.588. The maximum absolute atomic E-state index is 12.6. The molecule has 2 saturated heterocycles. The molecule has 122 valence electrons. The molecule has 3 aliphatic rings. The molecule has 0 radical (unpaired) electrons. The molecule has 0 aromatic carbocycles. The van der Waals surface area contributed by atoms with Crippen LogP contribution in [-0.4, -0.2) is 65.5 Å². The van der Waals surface area contributed by atoms with Crippen molar-refractivity contribution in [3.63, 3.8) is 0 Å². The number of hydrogen-bond acceptors (Lipinski definition) is 4. The van der Waals surface area contributed by atoms with E-state index in [-0.39, 0.29) is 23.8 Å². The maximum Gasteiger partial charge on any atom is 0.255 e. The molecule has 23 heavy (non-hydrogen) atoms. The van der Waals surface area contributed by atoms with Gasteiger partial charge in [0.05, 0.1) is 18.2 Å². The lowest BCUT2D eigenvalue weighted by molar-refractivity contribution is -0.138. The van der Waals surface area contributed by atoms with E-state index in [9.17, 15) is 9.59 Å². The molecule has 1 aromatic rings. The number of likely N-dealkylation sites (N-methyl/N-ethyl adjacent to an activating group) is 1. The minimum absolute atomic E-state index is 0.0192. The van der Waals surface area contributed by atoms with Gasteiger partial charge >= 0.3 is 0 Å². The first-order valence-electron chi connectivity index (χ1n) is 8.22. The van der Waals surface area contributed by atoms with E-state index in [4.69, 9.17) is 4.74 Å². The van der Waals surface area contributed by atoms with Gasteiger partial charge in [-0.3, -0.25) is 14.6 Å².